The molecule has 0 amide bonds. The summed E-state index contributed by atoms with van der Waals surface area (Å²) in [6, 6.07) is 2.46. The number of aromatic carboxylic acids is 1. The molecule has 0 unspecified atom stereocenters. The molecule has 15 heavy (non-hydrogen) atoms. The number of rotatable bonds is 2. The van der Waals surface area contributed by atoms with E-state index in [1.54, 1.807) is 0 Å². The normalized spacial score (nSPS) is 10.5. The molecule has 0 saturated carbocycles. The molecule has 0 radical (unpaired) electrons. The topological polar surface area (TPSA) is 112 Å². The van der Waals surface area contributed by atoms with Gasteiger partial charge in [-0.1, -0.05) is 0 Å². The minimum atomic E-state index is -4.45. The van der Waals surface area contributed by atoms with Crippen molar-refractivity contribution in [3.63, 3.8) is 0 Å². The molecule has 0 bridgehead atoms. The van der Waals surface area contributed by atoms with E-state index in [4.69, 9.17) is 14.8 Å². The molecule has 1 rings (SSSR count). The second kappa shape index (κ2) is 4.95. The van der Waals surface area contributed by atoms with Crippen LogP contribution in [0.25, 0.3) is 0 Å². The van der Waals surface area contributed by atoms with Crippen molar-refractivity contribution in [1.82, 2.24) is 0 Å². The van der Waals surface area contributed by atoms with E-state index in [2.05, 4.69) is 0 Å². The summed E-state index contributed by atoms with van der Waals surface area (Å²) in [5.74, 6) is -2.04. The summed E-state index contributed by atoms with van der Waals surface area (Å²) in [6.45, 7) is 0. The van der Waals surface area contributed by atoms with Crippen LogP contribution in [0, 0.1) is 0 Å². The first kappa shape index (κ1) is 14.4. The van der Waals surface area contributed by atoms with Crippen LogP contribution in [0.3, 0.4) is 0 Å². The predicted octanol–water partition coefficient (Wildman–Crippen LogP) is -2.55. The first-order valence-corrected chi connectivity index (χ1v) is 4.80. The van der Waals surface area contributed by atoms with E-state index in [0.29, 0.717) is 6.07 Å². The third-order valence-corrected chi connectivity index (χ3v) is 2.35. The van der Waals surface area contributed by atoms with Crippen LogP contribution in [0.15, 0.2) is 23.1 Å². The molecule has 1 aromatic carbocycles. The molecule has 0 fully saturated rings. The zero-order chi connectivity index (χ0) is 10.9. The van der Waals surface area contributed by atoms with E-state index in [0.717, 1.165) is 12.1 Å². The van der Waals surface area contributed by atoms with Gasteiger partial charge in [-0.05, 0) is 18.2 Å². The van der Waals surface area contributed by atoms with Crippen LogP contribution >= 0.6 is 0 Å². The largest absolute Gasteiger partial charge is 1.00 e. The standard InChI is InChI=1S/C7H6O6S.Na.H/c8-6-2-1-4(14(11,12)13)3-5(6)7(9)10;;/h1-3,8H,(H,9,10)(H,11,12,13);;/q;+1;-1. The van der Waals surface area contributed by atoms with Crippen molar-refractivity contribution in [3.8, 4) is 5.75 Å². The van der Waals surface area contributed by atoms with Gasteiger partial charge in [-0.3, -0.25) is 4.55 Å². The quantitative estimate of drug-likeness (QED) is 0.389. The molecule has 0 atom stereocenters. The molecule has 8 heteroatoms. The Morgan fingerprint density at radius 2 is 1.87 bits per heavy atom. The average Bonchev–Trinajstić information content (AvgIpc) is 2.02. The number of hydrogen-bond donors (Lipinski definition) is 3. The fraction of sp³-hybridized carbons (Fsp3) is 0. The Kier molecular flexibility index (Phi) is 4.75. The van der Waals surface area contributed by atoms with E-state index in [1.165, 1.54) is 0 Å². The molecular formula is C7H7NaO6S. The van der Waals surface area contributed by atoms with Crippen molar-refractivity contribution >= 4 is 16.1 Å². The zero-order valence-corrected chi connectivity index (χ0v) is 10.5. The van der Waals surface area contributed by atoms with Gasteiger partial charge < -0.3 is 11.6 Å². The number of hydrogen-bond acceptors (Lipinski definition) is 4. The molecule has 0 aromatic heterocycles. The molecule has 1 aromatic rings. The van der Waals surface area contributed by atoms with Gasteiger partial charge in [-0.15, -0.1) is 0 Å². The Labute approximate surface area is 109 Å². The van der Waals surface area contributed by atoms with Crippen LogP contribution < -0.4 is 29.6 Å². The summed E-state index contributed by atoms with van der Waals surface area (Å²) in [7, 11) is -4.45. The average molecular weight is 242 g/mol. The zero-order valence-electron chi connectivity index (χ0n) is 8.71. The number of benzene rings is 1. The predicted molar refractivity (Wildman–Crippen MR) is 46.0 cm³/mol. The van der Waals surface area contributed by atoms with Crippen LogP contribution in [0.2, 0.25) is 0 Å². The van der Waals surface area contributed by atoms with Crippen molar-refractivity contribution in [3.05, 3.63) is 23.8 Å². The SMILES string of the molecule is O=C(O)c1cc(S(=O)(=O)O)ccc1O.[H-].[Na+]. The monoisotopic (exact) mass is 242 g/mol. The van der Waals surface area contributed by atoms with Crippen LogP contribution in [-0.4, -0.2) is 29.2 Å². The number of carboxylic acids is 1. The van der Waals surface area contributed by atoms with Gasteiger partial charge in [0.05, 0.1) is 4.90 Å². The van der Waals surface area contributed by atoms with Crippen LogP contribution in [0.1, 0.15) is 11.8 Å². The summed E-state index contributed by atoms with van der Waals surface area (Å²) < 4.78 is 29.8. The Balaban J connectivity index is 0. The molecule has 0 heterocycles. The molecule has 0 aliphatic heterocycles. The summed E-state index contributed by atoms with van der Waals surface area (Å²) in [6.07, 6.45) is 0. The molecule has 6 nitrogen and oxygen atoms in total. The Hall–Kier alpha value is -0.600. The van der Waals surface area contributed by atoms with Crippen molar-refractivity contribution in [1.29, 1.82) is 0 Å². The van der Waals surface area contributed by atoms with E-state index >= 15 is 0 Å². The Morgan fingerprint density at radius 1 is 1.33 bits per heavy atom. The molecule has 0 aliphatic rings. The summed E-state index contributed by atoms with van der Waals surface area (Å²) >= 11 is 0. The van der Waals surface area contributed by atoms with Crippen molar-refractivity contribution in [2.24, 2.45) is 0 Å². The van der Waals surface area contributed by atoms with Gasteiger partial charge in [0.2, 0.25) is 0 Å². The maximum absolute atomic E-state index is 10.6. The van der Waals surface area contributed by atoms with Crippen LogP contribution in [0.4, 0.5) is 0 Å². The molecule has 0 aliphatic carbocycles. The molecular weight excluding hydrogens is 235 g/mol. The van der Waals surface area contributed by atoms with Crippen LogP contribution in [0.5, 0.6) is 5.75 Å². The van der Waals surface area contributed by atoms with Gasteiger partial charge in [0.15, 0.2) is 0 Å². The van der Waals surface area contributed by atoms with Crippen molar-refractivity contribution < 1.29 is 59.0 Å². The maximum Gasteiger partial charge on any atom is 1.00 e. The van der Waals surface area contributed by atoms with Gasteiger partial charge in [-0.2, -0.15) is 8.42 Å². The Morgan fingerprint density at radius 3 is 2.27 bits per heavy atom. The molecule has 78 valence electrons. The second-order valence-corrected chi connectivity index (χ2v) is 3.88. The van der Waals surface area contributed by atoms with E-state index < -0.39 is 32.3 Å². The van der Waals surface area contributed by atoms with E-state index in [1.807, 2.05) is 0 Å². The number of carbonyl (C=O) groups is 1. The summed E-state index contributed by atoms with van der Waals surface area (Å²) in [5.41, 5.74) is -0.583. The molecule has 0 spiro atoms. The van der Waals surface area contributed by atoms with Gasteiger partial charge in [0.25, 0.3) is 10.1 Å². The van der Waals surface area contributed by atoms with Crippen molar-refractivity contribution in [2.75, 3.05) is 0 Å². The first-order chi connectivity index (χ1) is 6.32. The first-order valence-electron chi connectivity index (χ1n) is 3.36. The minimum absolute atomic E-state index is 0. The number of phenols is 1. The number of carboxylic acid groups (broad SMARTS) is 1. The smallest absolute Gasteiger partial charge is 1.00 e. The van der Waals surface area contributed by atoms with Crippen molar-refractivity contribution in [2.45, 2.75) is 4.90 Å². The number of aromatic hydroxyl groups is 1. The fourth-order valence-electron chi connectivity index (χ4n) is 0.847. The van der Waals surface area contributed by atoms with Gasteiger partial charge >= 0.3 is 35.5 Å². The maximum atomic E-state index is 10.6. The second-order valence-electron chi connectivity index (χ2n) is 2.46. The fourth-order valence-corrected chi connectivity index (χ4v) is 1.35. The summed E-state index contributed by atoms with van der Waals surface area (Å²) in [4.78, 5) is 9.89. The molecule has 0 saturated heterocycles. The van der Waals surface area contributed by atoms with E-state index in [9.17, 15) is 13.2 Å². The minimum Gasteiger partial charge on any atom is -1.00 e. The summed E-state index contributed by atoms with van der Waals surface area (Å²) in [5, 5.41) is 17.5. The molecule has 3 N–H and O–H groups in total. The third-order valence-electron chi connectivity index (χ3n) is 1.50. The van der Waals surface area contributed by atoms with Crippen LogP contribution in [-0.2, 0) is 10.1 Å². The van der Waals surface area contributed by atoms with Gasteiger partial charge in [0, 0.05) is 0 Å². The van der Waals surface area contributed by atoms with Gasteiger partial charge in [-0.25, -0.2) is 4.79 Å². The third kappa shape index (κ3) is 3.47. The Bertz CT molecular complexity index is 486. The van der Waals surface area contributed by atoms with E-state index in [-0.39, 0.29) is 31.0 Å². The van der Waals surface area contributed by atoms with Gasteiger partial charge in [0.1, 0.15) is 11.3 Å².